The van der Waals surface area contributed by atoms with Gasteiger partial charge in [0.1, 0.15) is 6.61 Å². The van der Waals surface area contributed by atoms with Gasteiger partial charge in [0, 0.05) is 11.4 Å². The Morgan fingerprint density at radius 3 is 2.85 bits per heavy atom. The first kappa shape index (κ1) is 14.9. The number of nitrogens with two attached hydrogens (primary N) is 1. The van der Waals surface area contributed by atoms with E-state index in [2.05, 4.69) is 4.98 Å². The average Bonchev–Trinajstić information content (AvgIpc) is 2.83. The molecule has 0 bridgehead atoms. The van der Waals surface area contributed by atoms with Gasteiger partial charge in [0.05, 0.1) is 10.7 Å². The Hall–Kier alpha value is -1.46. The number of hydrogen-bond donors (Lipinski definition) is 1. The van der Waals surface area contributed by atoms with E-state index in [0.29, 0.717) is 6.42 Å². The van der Waals surface area contributed by atoms with Gasteiger partial charge in [0.25, 0.3) is 0 Å². The van der Waals surface area contributed by atoms with Gasteiger partial charge in [-0.1, -0.05) is 13.0 Å². The van der Waals surface area contributed by atoms with Crippen molar-refractivity contribution in [3.63, 3.8) is 0 Å². The van der Waals surface area contributed by atoms with E-state index in [4.69, 9.17) is 10.5 Å². The second-order valence-corrected chi connectivity index (χ2v) is 5.85. The number of rotatable bonds is 6. The molecule has 1 heterocycles. The molecular formula is C15H19FN2OS. The molecule has 2 N–H and O–H groups in total. The van der Waals surface area contributed by atoms with Crippen LogP contribution in [-0.2, 0) is 13.0 Å². The molecule has 1 aromatic heterocycles. The van der Waals surface area contributed by atoms with Crippen LogP contribution in [0.3, 0.4) is 0 Å². The smallest absolute Gasteiger partial charge is 0.165 e. The SMILES string of the molecule is CCC(N)Cc1ccc(OCc2csc(C)n2)c(F)c1. The first-order chi connectivity index (χ1) is 9.58. The molecule has 1 atom stereocenters. The normalized spacial score (nSPS) is 12.4. The van der Waals surface area contributed by atoms with Gasteiger partial charge < -0.3 is 10.5 Å². The molecule has 2 rings (SSSR count). The molecule has 0 radical (unpaired) electrons. The highest BCUT2D eigenvalue weighted by Crippen LogP contribution is 2.21. The summed E-state index contributed by atoms with van der Waals surface area (Å²) in [6, 6.07) is 5.09. The van der Waals surface area contributed by atoms with E-state index in [1.165, 1.54) is 6.07 Å². The highest BCUT2D eigenvalue weighted by Gasteiger charge is 2.08. The minimum absolute atomic E-state index is 0.0687. The second-order valence-electron chi connectivity index (χ2n) is 4.78. The van der Waals surface area contributed by atoms with Crippen molar-refractivity contribution in [1.29, 1.82) is 0 Å². The molecule has 0 spiro atoms. The van der Waals surface area contributed by atoms with Crippen LogP contribution in [0.15, 0.2) is 23.6 Å². The van der Waals surface area contributed by atoms with Crippen LogP contribution in [0.1, 0.15) is 29.6 Å². The Labute approximate surface area is 122 Å². The molecular weight excluding hydrogens is 275 g/mol. The predicted molar refractivity (Wildman–Crippen MR) is 79.6 cm³/mol. The first-order valence-electron chi connectivity index (χ1n) is 6.66. The van der Waals surface area contributed by atoms with Crippen molar-refractivity contribution >= 4 is 11.3 Å². The molecule has 0 amide bonds. The van der Waals surface area contributed by atoms with E-state index >= 15 is 0 Å². The Morgan fingerprint density at radius 2 is 2.25 bits per heavy atom. The van der Waals surface area contributed by atoms with Crippen LogP contribution in [0, 0.1) is 12.7 Å². The summed E-state index contributed by atoms with van der Waals surface area (Å²) in [5.74, 6) is -0.0952. The quantitative estimate of drug-likeness (QED) is 0.887. The van der Waals surface area contributed by atoms with Gasteiger partial charge >= 0.3 is 0 Å². The number of hydrogen-bond acceptors (Lipinski definition) is 4. The fourth-order valence-corrected chi connectivity index (χ4v) is 2.46. The van der Waals surface area contributed by atoms with Crippen LogP contribution in [0.4, 0.5) is 4.39 Å². The summed E-state index contributed by atoms with van der Waals surface area (Å²) in [4.78, 5) is 4.28. The molecule has 0 aliphatic carbocycles. The lowest BCUT2D eigenvalue weighted by molar-refractivity contribution is 0.286. The van der Waals surface area contributed by atoms with Crippen molar-refractivity contribution in [2.75, 3.05) is 0 Å². The monoisotopic (exact) mass is 294 g/mol. The maximum atomic E-state index is 13.9. The van der Waals surface area contributed by atoms with E-state index in [9.17, 15) is 4.39 Å². The predicted octanol–water partition coefficient (Wildman–Crippen LogP) is 3.45. The van der Waals surface area contributed by atoms with Crippen LogP contribution < -0.4 is 10.5 Å². The Balaban J connectivity index is 1.98. The molecule has 0 saturated heterocycles. The molecule has 1 unspecified atom stereocenters. The summed E-state index contributed by atoms with van der Waals surface area (Å²) in [5, 5.41) is 2.90. The number of halogens is 1. The van der Waals surface area contributed by atoms with Crippen molar-refractivity contribution in [3.8, 4) is 5.75 Å². The fraction of sp³-hybridized carbons (Fsp3) is 0.400. The van der Waals surface area contributed by atoms with Gasteiger partial charge in [0.15, 0.2) is 11.6 Å². The van der Waals surface area contributed by atoms with E-state index in [1.807, 2.05) is 25.3 Å². The zero-order valence-electron chi connectivity index (χ0n) is 11.7. The summed E-state index contributed by atoms with van der Waals surface area (Å²) >= 11 is 1.56. The largest absolute Gasteiger partial charge is 0.484 e. The van der Waals surface area contributed by atoms with Crippen molar-refractivity contribution in [2.45, 2.75) is 39.3 Å². The lowest BCUT2D eigenvalue weighted by Gasteiger charge is -2.10. The zero-order chi connectivity index (χ0) is 14.5. The van der Waals surface area contributed by atoms with Gasteiger partial charge in [-0.3, -0.25) is 0 Å². The molecule has 0 aliphatic rings. The summed E-state index contributed by atoms with van der Waals surface area (Å²) in [7, 11) is 0. The second kappa shape index (κ2) is 6.81. The topological polar surface area (TPSA) is 48.1 Å². The number of thiazole rings is 1. The molecule has 0 saturated carbocycles. The Kier molecular flexibility index (Phi) is 5.09. The number of ether oxygens (including phenoxy) is 1. The van der Waals surface area contributed by atoms with Gasteiger partial charge in [-0.05, 0) is 37.5 Å². The number of benzene rings is 1. The fourth-order valence-electron chi connectivity index (χ4n) is 1.86. The standard InChI is InChI=1S/C15H19FN2OS/c1-3-12(17)6-11-4-5-15(14(16)7-11)19-8-13-9-20-10(2)18-13/h4-5,7,9,12H,3,6,8,17H2,1-2H3. The molecule has 20 heavy (non-hydrogen) atoms. The Morgan fingerprint density at radius 1 is 1.45 bits per heavy atom. The first-order valence-corrected chi connectivity index (χ1v) is 7.54. The van der Waals surface area contributed by atoms with Gasteiger partial charge in [0.2, 0.25) is 0 Å². The minimum Gasteiger partial charge on any atom is -0.484 e. The third-order valence-electron chi connectivity index (χ3n) is 3.06. The summed E-state index contributed by atoms with van der Waals surface area (Å²) in [5.41, 5.74) is 7.59. The lowest BCUT2D eigenvalue weighted by atomic mass is 10.0. The van der Waals surface area contributed by atoms with Crippen LogP contribution in [0.2, 0.25) is 0 Å². The summed E-state index contributed by atoms with van der Waals surface area (Å²) in [6.45, 7) is 4.24. The zero-order valence-corrected chi connectivity index (χ0v) is 12.5. The third-order valence-corrected chi connectivity index (χ3v) is 3.88. The van der Waals surface area contributed by atoms with Gasteiger partial charge in [-0.2, -0.15) is 0 Å². The lowest BCUT2D eigenvalue weighted by Crippen LogP contribution is -2.21. The molecule has 108 valence electrons. The molecule has 0 aliphatic heterocycles. The molecule has 1 aromatic carbocycles. The number of aromatic nitrogens is 1. The minimum atomic E-state index is -0.349. The molecule has 5 heteroatoms. The van der Waals surface area contributed by atoms with Gasteiger partial charge in [-0.15, -0.1) is 11.3 Å². The molecule has 0 fully saturated rings. The van der Waals surface area contributed by atoms with Crippen molar-refractivity contribution in [3.05, 3.63) is 45.7 Å². The molecule has 2 aromatic rings. The van der Waals surface area contributed by atoms with Crippen molar-refractivity contribution < 1.29 is 9.13 Å². The van der Waals surface area contributed by atoms with Crippen LogP contribution >= 0.6 is 11.3 Å². The highest BCUT2D eigenvalue weighted by atomic mass is 32.1. The van der Waals surface area contributed by atoms with E-state index < -0.39 is 0 Å². The van der Waals surface area contributed by atoms with E-state index in [0.717, 1.165) is 22.7 Å². The average molecular weight is 294 g/mol. The summed E-state index contributed by atoms with van der Waals surface area (Å²) in [6.07, 6.45) is 1.56. The van der Waals surface area contributed by atoms with E-state index in [1.54, 1.807) is 17.4 Å². The maximum absolute atomic E-state index is 13.9. The maximum Gasteiger partial charge on any atom is 0.165 e. The number of nitrogens with zero attached hydrogens (tertiary/aromatic N) is 1. The third kappa shape index (κ3) is 4.02. The Bertz CT molecular complexity index is 571. The van der Waals surface area contributed by atoms with Crippen molar-refractivity contribution in [2.24, 2.45) is 5.73 Å². The van der Waals surface area contributed by atoms with Gasteiger partial charge in [-0.25, -0.2) is 9.37 Å². The highest BCUT2D eigenvalue weighted by molar-refractivity contribution is 7.09. The van der Waals surface area contributed by atoms with Crippen LogP contribution in [0.5, 0.6) is 5.75 Å². The van der Waals surface area contributed by atoms with Crippen LogP contribution in [0.25, 0.3) is 0 Å². The number of aryl methyl sites for hydroxylation is 1. The summed E-state index contributed by atoms with van der Waals surface area (Å²) < 4.78 is 19.4. The van der Waals surface area contributed by atoms with Crippen LogP contribution in [-0.4, -0.2) is 11.0 Å². The molecule has 3 nitrogen and oxygen atoms in total. The van der Waals surface area contributed by atoms with Crippen molar-refractivity contribution in [1.82, 2.24) is 4.98 Å². The van der Waals surface area contributed by atoms with E-state index in [-0.39, 0.29) is 24.2 Å².